The number of aromatic amines is 2. The molecule has 0 aliphatic heterocycles. The van der Waals surface area contributed by atoms with Gasteiger partial charge in [-0.1, -0.05) is 12.1 Å². The molecule has 0 aliphatic rings. The van der Waals surface area contributed by atoms with E-state index in [2.05, 4.69) is 15.2 Å². The predicted octanol–water partition coefficient (Wildman–Crippen LogP) is 0.271. The lowest BCUT2D eigenvalue weighted by Gasteiger charge is -1.97. The fourth-order valence-corrected chi connectivity index (χ4v) is 1.22. The van der Waals surface area contributed by atoms with Gasteiger partial charge >= 0.3 is 5.69 Å². The lowest BCUT2D eigenvalue weighted by atomic mass is 10.1. The van der Waals surface area contributed by atoms with Gasteiger partial charge in [-0.05, 0) is 17.7 Å². The molecule has 14 heavy (non-hydrogen) atoms. The summed E-state index contributed by atoms with van der Waals surface area (Å²) in [7, 11) is 0. The van der Waals surface area contributed by atoms with Crippen LogP contribution in [0.2, 0.25) is 0 Å². The van der Waals surface area contributed by atoms with Crippen LogP contribution in [0, 0.1) is 0 Å². The SMILES string of the molecule is Nc1ccc(Cc2n[nH]c(=O)[nH]2)cc1. The molecule has 0 radical (unpaired) electrons. The molecule has 1 aromatic heterocycles. The number of nitrogens with one attached hydrogen (secondary N) is 2. The highest BCUT2D eigenvalue weighted by Gasteiger charge is 1.99. The van der Waals surface area contributed by atoms with Crippen molar-refractivity contribution in [2.45, 2.75) is 6.42 Å². The normalized spacial score (nSPS) is 10.3. The molecule has 0 amide bonds. The minimum absolute atomic E-state index is 0.282. The van der Waals surface area contributed by atoms with E-state index in [9.17, 15) is 4.79 Å². The molecule has 0 saturated heterocycles. The molecule has 0 saturated carbocycles. The molecule has 0 spiro atoms. The van der Waals surface area contributed by atoms with Crippen LogP contribution in [0.25, 0.3) is 0 Å². The summed E-state index contributed by atoms with van der Waals surface area (Å²) in [6, 6.07) is 7.45. The van der Waals surface area contributed by atoms with E-state index in [-0.39, 0.29) is 5.69 Å². The summed E-state index contributed by atoms with van der Waals surface area (Å²) in [6.07, 6.45) is 0.596. The zero-order valence-electron chi connectivity index (χ0n) is 7.45. The number of rotatable bonds is 2. The van der Waals surface area contributed by atoms with Gasteiger partial charge in [-0.15, -0.1) is 0 Å². The van der Waals surface area contributed by atoms with E-state index in [1.165, 1.54) is 0 Å². The Bertz CT molecular complexity index is 468. The van der Waals surface area contributed by atoms with Crippen LogP contribution in [-0.4, -0.2) is 15.2 Å². The van der Waals surface area contributed by atoms with Gasteiger partial charge in [-0.2, -0.15) is 5.10 Å². The Balaban J connectivity index is 2.19. The van der Waals surface area contributed by atoms with E-state index in [1.54, 1.807) is 0 Å². The Morgan fingerprint density at radius 3 is 2.57 bits per heavy atom. The van der Waals surface area contributed by atoms with Crippen LogP contribution in [-0.2, 0) is 6.42 Å². The molecule has 5 heteroatoms. The number of nitrogens with two attached hydrogens (primary N) is 1. The second kappa shape index (κ2) is 3.37. The van der Waals surface area contributed by atoms with Crippen LogP contribution in [0.5, 0.6) is 0 Å². The Kier molecular flexibility index (Phi) is 2.06. The third kappa shape index (κ3) is 1.82. The second-order valence-corrected chi connectivity index (χ2v) is 3.04. The highest BCUT2D eigenvalue weighted by molar-refractivity contribution is 5.39. The summed E-state index contributed by atoms with van der Waals surface area (Å²) in [5.41, 5.74) is 7.05. The van der Waals surface area contributed by atoms with Gasteiger partial charge in [0.25, 0.3) is 0 Å². The number of nitrogen functional groups attached to an aromatic ring is 1. The van der Waals surface area contributed by atoms with Crippen molar-refractivity contribution in [2.75, 3.05) is 5.73 Å². The smallest absolute Gasteiger partial charge is 0.340 e. The maximum absolute atomic E-state index is 10.7. The van der Waals surface area contributed by atoms with Gasteiger partial charge in [-0.25, -0.2) is 9.89 Å². The van der Waals surface area contributed by atoms with Gasteiger partial charge in [0, 0.05) is 12.1 Å². The number of benzene rings is 1. The number of hydrogen-bond acceptors (Lipinski definition) is 3. The van der Waals surface area contributed by atoms with Crippen molar-refractivity contribution in [1.82, 2.24) is 15.2 Å². The molecule has 0 bridgehead atoms. The maximum atomic E-state index is 10.7. The van der Waals surface area contributed by atoms with Gasteiger partial charge in [-0.3, -0.25) is 4.98 Å². The van der Waals surface area contributed by atoms with Crippen LogP contribution in [0.15, 0.2) is 29.1 Å². The van der Waals surface area contributed by atoms with E-state index < -0.39 is 0 Å². The van der Waals surface area contributed by atoms with E-state index in [0.29, 0.717) is 12.2 Å². The van der Waals surface area contributed by atoms with Crippen LogP contribution in [0.3, 0.4) is 0 Å². The summed E-state index contributed by atoms with van der Waals surface area (Å²) in [6.45, 7) is 0. The largest absolute Gasteiger partial charge is 0.399 e. The summed E-state index contributed by atoms with van der Waals surface area (Å²) < 4.78 is 0. The highest BCUT2D eigenvalue weighted by atomic mass is 16.1. The van der Waals surface area contributed by atoms with Crippen molar-refractivity contribution in [3.8, 4) is 0 Å². The van der Waals surface area contributed by atoms with E-state index in [1.807, 2.05) is 24.3 Å². The monoisotopic (exact) mass is 190 g/mol. The summed E-state index contributed by atoms with van der Waals surface area (Å²) >= 11 is 0. The van der Waals surface area contributed by atoms with Crippen molar-refractivity contribution in [2.24, 2.45) is 0 Å². The van der Waals surface area contributed by atoms with E-state index >= 15 is 0 Å². The first-order valence-corrected chi connectivity index (χ1v) is 4.22. The first kappa shape index (κ1) is 8.55. The average molecular weight is 190 g/mol. The molecule has 1 aromatic carbocycles. The molecule has 1 heterocycles. The fourth-order valence-electron chi connectivity index (χ4n) is 1.22. The molecule has 4 N–H and O–H groups in total. The van der Waals surface area contributed by atoms with E-state index in [0.717, 1.165) is 11.3 Å². The topological polar surface area (TPSA) is 87.6 Å². The molecule has 5 nitrogen and oxygen atoms in total. The fraction of sp³-hybridized carbons (Fsp3) is 0.111. The van der Waals surface area contributed by atoms with Crippen molar-refractivity contribution >= 4 is 5.69 Å². The van der Waals surface area contributed by atoms with Gasteiger partial charge in [0.15, 0.2) is 0 Å². The van der Waals surface area contributed by atoms with Crippen LogP contribution >= 0.6 is 0 Å². The molecule has 0 atom stereocenters. The third-order valence-electron chi connectivity index (χ3n) is 1.90. The number of nitrogens with zero attached hydrogens (tertiary/aromatic N) is 1. The lowest BCUT2D eigenvalue weighted by molar-refractivity contribution is 0.970. The van der Waals surface area contributed by atoms with Gasteiger partial charge in [0.05, 0.1) is 0 Å². The molecule has 0 unspecified atom stereocenters. The van der Waals surface area contributed by atoms with E-state index in [4.69, 9.17) is 5.73 Å². The highest BCUT2D eigenvalue weighted by Crippen LogP contribution is 2.07. The van der Waals surface area contributed by atoms with Gasteiger partial charge < -0.3 is 5.73 Å². The molecule has 2 rings (SSSR count). The first-order chi connectivity index (χ1) is 6.74. The van der Waals surface area contributed by atoms with Crippen LogP contribution in [0.4, 0.5) is 5.69 Å². The first-order valence-electron chi connectivity index (χ1n) is 4.22. The standard InChI is InChI=1S/C9H10N4O/c10-7-3-1-6(2-4-7)5-8-11-9(14)13-12-8/h1-4H,5,10H2,(H2,11,12,13,14). The molecule has 0 aliphatic carbocycles. The number of H-pyrrole nitrogens is 2. The Morgan fingerprint density at radius 2 is 2.00 bits per heavy atom. The average Bonchev–Trinajstić information content (AvgIpc) is 2.56. The predicted molar refractivity (Wildman–Crippen MR) is 52.9 cm³/mol. The van der Waals surface area contributed by atoms with Crippen LogP contribution < -0.4 is 11.4 Å². The zero-order valence-corrected chi connectivity index (χ0v) is 7.45. The quantitative estimate of drug-likeness (QED) is 0.594. The summed E-state index contributed by atoms with van der Waals surface area (Å²) in [4.78, 5) is 13.3. The maximum Gasteiger partial charge on any atom is 0.340 e. The van der Waals surface area contributed by atoms with Crippen molar-refractivity contribution < 1.29 is 0 Å². The van der Waals surface area contributed by atoms with Gasteiger partial charge in [0.1, 0.15) is 5.82 Å². The van der Waals surface area contributed by atoms with Crippen molar-refractivity contribution in [3.05, 3.63) is 46.1 Å². The summed E-state index contributed by atoms with van der Waals surface area (Å²) in [5, 5.41) is 6.12. The lowest BCUT2D eigenvalue weighted by Crippen LogP contribution is -2.01. The minimum Gasteiger partial charge on any atom is -0.399 e. The number of aromatic nitrogens is 3. The zero-order chi connectivity index (χ0) is 9.97. The second-order valence-electron chi connectivity index (χ2n) is 3.04. The third-order valence-corrected chi connectivity index (χ3v) is 1.90. The molecular weight excluding hydrogens is 180 g/mol. The van der Waals surface area contributed by atoms with Gasteiger partial charge in [0.2, 0.25) is 0 Å². The molecule has 2 aromatic rings. The Morgan fingerprint density at radius 1 is 1.29 bits per heavy atom. The summed E-state index contributed by atoms with van der Waals surface area (Å²) in [5.74, 6) is 0.625. The molecule has 72 valence electrons. The molecule has 0 fully saturated rings. The van der Waals surface area contributed by atoms with Crippen molar-refractivity contribution in [1.29, 1.82) is 0 Å². The number of hydrogen-bond donors (Lipinski definition) is 3. The Labute approximate surface area is 80.0 Å². The molecular formula is C9H10N4O. The van der Waals surface area contributed by atoms with Crippen molar-refractivity contribution in [3.63, 3.8) is 0 Å². The minimum atomic E-state index is -0.282. The van der Waals surface area contributed by atoms with Crippen LogP contribution in [0.1, 0.15) is 11.4 Å². The Hall–Kier alpha value is -2.04. The number of anilines is 1.